The Balaban J connectivity index is 2.29. The van der Waals surface area contributed by atoms with Crippen LogP contribution >= 0.6 is 15.9 Å². The minimum Gasteiger partial charge on any atom is -0.489 e. The van der Waals surface area contributed by atoms with Crippen molar-refractivity contribution in [2.45, 2.75) is 13.0 Å². The van der Waals surface area contributed by atoms with E-state index in [9.17, 15) is 0 Å². The standard InChI is InChI=1S/C11H10BrN3O/c1-7-5-16-10-8(3-2-4-9(10)12)11-14-13-6-15(7)11/h2-4,6-7H,5H2,1H3/t7-/m1/s1. The molecule has 0 aliphatic carbocycles. The van der Waals surface area contributed by atoms with Crippen molar-refractivity contribution < 1.29 is 4.74 Å². The third-order valence-corrected chi connectivity index (χ3v) is 3.35. The van der Waals surface area contributed by atoms with E-state index in [1.807, 2.05) is 22.8 Å². The van der Waals surface area contributed by atoms with Gasteiger partial charge in [-0.3, -0.25) is 0 Å². The monoisotopic (exact) mass is 279 g/mol. The molecule has 0 bridgehead atoms. The molecular formula is C11H10BrN3O. The van der Waals surface area contributed by atoms with Crippen molar-refractivity contribution in [2.24, 2.45) is 0 Å². The molecule has 0 radical (unpaired) electrons. The second-order valence-corrected chi connectivity index (χ2v) is 4.69. The summed E-state index contributed by atoms with van der Waals surface area (Å²) >= 11 is 3.49. The van der Waals surface area contributed by atoms with Gasteiger partial charge in [0.2, 0.25) is 0 Å². The lowest BCUT2D eigenvalue weighted by Gasteiger charge is -2.10. The van der Waals surface area contributed by atoms with Gasteiger partial charge in [-0.25, -0.2) is 0 Å². The molecule has 0 unspecified atom stereocenters. The van der Waals surface area contributed by atoms with Crippen LogP contribution in [0.4, 0.5) is 0 Å². The molecule has 5 heteroatoms. The van der Waals surface area contributed by atoms with E-state index < -0.39 is 0 Å². The van der Waals surface area contributed by atoms with Crippen molar-refractivity contribution in [3.8, 4) is 17.1 Å². The molecular weight excluding hydrogens is 270 g/mol. The summed E-state index contributed by atoms with van der Waals surface area (Å²) in [5, 5.41) is 8.13. The molecule has 0 fully saturated rings. The molecule has 0 amide bonds. The molecule has 2 heterocycles. The first-order valence-electron chi connectivity index (χ1n) is 5.08. The highest BCUT2D eigenvalue weighted by molar-refractivity contribution is 9.10. The SMILES string of the molecule is C[C@@H]1COc2c(Br)cccc2-c2nncn21. The maximum Gasteiger partial charge on any atom is 0.167 e. The third kappa shape index (κ3) is 1.35. The van der Waals surface area contributed by atoms with E-state index in [2.05, 4.69) is 33.1 Å². The fraction of sp³-hybridized carbons (Fsp3) is 0.273. The van der Waals surface area contributed by atoms with Crippen LogP contribution < -0.4 is 4.74 Å². The first-order chi connectivity index (χ1) is 7.77. The van der Waals surface area contributed by atoms with Gasteiger partial charge in [0.05, 0.1) is 16.1 Å². The zero-order valence-electron chi connectivity index (χ0n) is 8.72. The maximum atomic E-state index is 5.80. The van der Waals surface area contributed by atoms with Gasteiger partial charge in [-0.15, -0.1) is 10.2 Å². The summed E-state index contributed by atoms with van der Waals surface area (Å²) in [5.74, 6) is 1.71. The van der Waals surface area contributed by atoms with E-state index in [0.717, 1.165) is 21.6 Å². The summed E-state index contributed by atoms with van der Waals surface area (Å²) in [5.41, 5.74) is 0.983. The van der Waals surface area contributed by atoms with Crippen LogP contribution in [-0.2, 0) is 0 Å². The molecule has 0 N–H and O–H groups in total. The van der Waals surface area contributed by atoms with Crippen LogP contribution in [0.3, 0.4) is 0 Å². The van der Waals surface area contributed by atoms with Crippen molar-refractivity contribution in [3.63, 3.8) is 0 Å². The van der Waals surface area contributed by atoms with Crippen molar-refractivity contribution in [1.29, 1.82) is 0 Å². The van der Waals surface area contributed by atoms with Crippen LogP contribution in [0.2, 0.25) is 0 Å². The van der Waals surface area contributed by atoms with E-state index in [1.54, 1.807) is 6.33 Å². The topological polar surface area (TPSA) is 39.9 Å². The smallest absolute Gasteiger partial charge is 0.167 e. The molecule has 82 valence electrons. The molecule has 2 aromatic rings. The molecule has 4 nitrogen and oxygen atoms in total. The molecule has 0 saturated heterocycles. The summed E-state index contributed by atoms with van der Waals surface area (Å²) < 4.78 is 8.79. The van der Waals surface area contributed by atoms with Crippen molar-refractivity contribution >= 4 is 15.9 Å². The number of nitrogens with zero attached hydrogens (tertiary/aromatic N) is 3. The third-order valence-electron chi connectivity index (χ3n) is 2.72. The van der Waals surface area contributed by atoms with Gasteiger partial charge < -0.3 is 9.30 Å². The van der Waals surface area contributed by atoms with Gasteiger partial charge in [0.15, 0.2) is 5.82 Å². The normalized spacial score (nSPS) is 18.2. The Kier molecular flexibility index (Phi) is 2.21. The minimum absolute atomic E-state index is 0.240. The van der Waals surface area contributed by atoms with Gasteiger partial charge in [-0.2, -0.15) is 0 Å². The zero-order chi connectivity index (χ0) is 11.1. The number of rotatable bonds is 0. The number of aromatic nitrogens is 3. The van der Waals surface area contributed by atoms with Gasteiger partial charge in [0.25, 0.3) is 0 Å². The van der Waals surface area contributed by atoms with Gasteiger partial charge in [-0.1, -0.05) is 6.07 Å². The summed E-state index contributed by atoms with van der Waals surface area (Å²) in [6.07, 6.45) is 1.75. The summed E-state index contributed by atoms with van der Waals surface area (Å²) in [6, 6.07) is 6.18. The Morgan fingerprint density at radius 2 is 2.38 bits per heavy atom. The average molecular weight is 280 g/mol. The average Bonchev–Trinajstić information content (AvgIpc) is 2.71. The molecule has 1 atom stereocenters. The van der Waals surface area contributed by atoms with E-state index in [-0.39, 0.29) is 6.04 Å². The van der Waals surface area contributed by atoms with E-state index in [1.165, 1.54) is 0 Å². The number of fused-ring (bicyclic) bond motifs is 3. The highest BCUT2D eigenvalue weighted by Crippen LogP contribution is 2.38. The van der Waals surface area contributed by atoms with Crippen LogP contribution in [0, 0.1) is 0 Å². The van der Waals surface area contributed by atoms with E-state index in [4.69, 9.17) is 4.74 Å². The van der Waals surface area contributed by atoms with Crippen LogP contribution in [-0.4, -0.2) is 21.4 Å². The maximum absolute atomic E-state index is 5.80. The van der Waals surface area contributed by atoms with Gasteiger partial charge >= 0.3 is 0 Å². The van der Waals surface area contributed by atoms with Crippen molar-refractivity contribution in [1.82, 2.24) is 14.8 Å². The molecule has 1 aliphatic rings. The van der Waals surface area contributed by atoms with E-state index in [0.29, 0.717) is 6.61 Å². The molecule has 3 rings (SSSR count). The van der Waals surface area contributed by atoms with Gasteiger partial charge in [0.1, 0.15) is 18.7 Å². The summed E-state index contributed by atoms with van der Waals surface area (Å²) in [7, 11) is 0. The number of hydrogen-bond acceptors (Lipinski definition) is 3. The zero-order valence-corrected chi connectivity index (χ0v) is 10.3. The molecule has 1 aromatic carbocycles. The fourth-order valence-corrected chi connectivity index (χ4v) is 2.35. The predicted octanol–water partition coefficient (Wildman–Crippen LogP) is 2.66. The Morgan fingerprint density at radius 1 is 1.50 bits per heavy atom. The highest BCUT2D eigenvalue weighted by Gasteiger charge is 2.22. The molecule has 16 heavy (non-hydrogen) atoms. The second-order valence-electron chi connectivity index (χ2n) is 3.84. The highest BCUT2D eigenvalue weighted by atomic mass is 79.9. The lowest BCUT2D eigenvalue weighted by atomic mass is 10.2. The number of ether oxygens (including phenoxy) is 1. The predicted molar refractivity (Wildman–Crippen MR) is 63.4 cm³/mol. The Bertz CT molecular complexity index is 538. The quantitative estimate of drug-likeness (QED) is 0.744. The number of para-hydroxylation sites is 1. The Hall–Kier alpha value is -1.36. The van der Waals surface area contributed by atoms with Crippen LogP contribution in [0.15, 0.2) is 29.0 Å². The number of hydrogen-bond donors (Lipinski definition) is 0. The molecule has 1 aromatic heterocycles. The van der Waals surface area contributed by atoms with Gasteiger partial charge in [0, 0.05) is 0 Å². The minimum atomic E-state index is 0.240. The first-order valence-corrected chi connectivity index (χ1v) is 5.88. The summed E-state index contributed by atoms with van der Waals surface area (Å²) in [4.78, 5) is 0. The first kappa shape index (κ1) is 9.84. The lowest BCUT2D eigenvalue weighted by molar-refractivity contribution is 0.268. The van der Waals surface area contributed by atoms with Gasteiger partial charge in [-0.05, 0) is 35.0 Å². The van der Waals surface area contributed by atoms with Crippen molar-refractivity contribution in [3.05, 3.63) is 29.0 Å². The van der Waals surface area contributed by atoms with Crippen LogP contribution in [0.5, 0.6) is 5.75 Å². The van der Waals surface area contributed by atoms with Crippen molar-refractivity contribution in [2.75, 3.05) is 6.61 Å². The number of halogens is 1. The Labute approximate surface area is 101 Å². The molecule has 0 spiro atoms. The molecule has 1 aliphatic heterocycles. The summed E-state index contributed by atoms with van der Waals surface area (Å²) in [6.45, 7) is 2.72. The lowest BCUT2D eigenvalue weighted by Crippen LogP contribution is -2.11. The molecule has 0 saturated carbocycles. The second kappa shape index (κ2) is 3.59. The van der Waals surface area contributed by atoms with Crippen LogP contribution in [0.25, 0.3) is 11.4 Å². The van der Waals surface area contributed by atoms with E-state index >= 15 is 0 Å². The van der Waals surface area contributed by atoms with Crippen LogP contribution in [0.1, 0.15) is 13.0 Å². The fourth-order valence-electron chi connectivity index (χ4n) is 1.87. The Morgan fingerprint density at radius 3 is 3.25 bits per heavy atom. The largest absolute Gasteiger partial charge is 0.489 e. The number of benzene rings is 1.